The van der Waals surface area contributed by atoms with Crippen LogP contribution in [0.15, 0.2) is 48.5 Å². The van der Waals surface area contributed by atoms with Gasteiger partial charge < -0.3 is 14.7 Å². The average molecular weight is 339 g/mol. The summed E-state index contributed by atoms with van der Waals surface area (Å²) in [7, 11) is 0. The molecule has 1 aliphatic heterocycles. The molecule has 1 saturated heterocycles. The number of benzene rings is 2. The fraction of sp³-hybridized carbons (Fsp3) is 0.381. The van der Waals surface area contributed by atoms with Crippen molar-refractivity contribution >= 4 is 11.7 Å². The van der Waals surface area contributed by atoms with Gasteiger partial charge in [0.25, 0.3) is 0 Å². The predicted octanol–water partition coefficient (Wildman–Crippen LogP) is 4.87. The molecule has 0 unspecified atom stereocenters. The predicted molar refractivity (Wildman–Crippen MR) is 99.5 cm³/mol. The van der Waals surface area contributed by atoms with Gasteiger partial charge in [0.1, 0.15) is 11.5 Å². The minimum atomic E-state index is -0.730. The van der Waals surface area contributed by atoms with Crippen molar-refractivity contribution in [2.75, 3.05) is 11.4 Å². The van der Waals surface area contributed by atoms with E-state index in [0.29, 0.717) is 5.92 Å². The maximum atomic E-state index is 11.2. The van der Waals surface area contributed by atoms with Gasteiger partial charge >= 0.3 is 5.97 Å². The van der Waals surface area contributed by atoms with E-state index in [1.165, 1.54) is 0 Å². The summed E-state index contributed by atoms with van der Waals surface area (Å²) in [5, 5.41) is 9.19. The molecule has 1 N–H and O–H groups in total. The van der Waals surface area contributed by atoms with Gasteiger partial charge in [0.05, 0.1) is 6.42 Å². The van der Waals surface area contributed by atoms with E-state index in [4.69, 9.17) is 4.74 Å². The van der Waals surface area contributed by atoms with Crippen molar-refractivity contribution in [2.45, 2.75) is 39.2 Å². The highest BCUT2D eigenvalue weighted by Gasteiger charge is 2.32. The Hall–Kier alpha value is -2.49. The summed E-state index contributed by atoms with van der Waals surface area (Å²) < 4.78 is 5.95. The summed E-state index contributed by atoms with van der Waals surface area (Å²) in [4.78, 5) is 13.4. The van der Waals surface area contributed by atoms with E-state index in [1.54, 1.807) is 0 Å². The topological polar surface area (TPSA) is 49.8 Å². The Kier molecular flexibility index (Phi) is 5.27. The minimum absolute atomic E-state index is 0.0746. The van der Waals surface area contributed by atoms with Crippen LogP contribution < -0.4 is 9.64 Å². The largest absolute Gasteiger partial charge is 0.481 e. The van der Waals surface area contributed by atoms with Crippen LogP contribution in [0, 0.1) is 12.8 Å². The number of aryl methyl sites for hydroxylation is 1. The number of rotatable bonds is 6. The number of ether oxygens (including phenoxy) is 1. The molecule has 25 heavy (non-hydrogen) atoms. The SMILES string of the molecule is CC[C@H]1C[C@@H](CC(=O)O)N(c2ccc(Oc3ccccc3C)cc2)C1. The summed E-state index contributed by atoms with van der Waals surface area (Å²) in [6, 6.07) is 16.0. The third-order valence-electron chi connectivity index (χ3n) is 4.98. The van der Waals surface area contributed by atoms with Crippen molar-refractivity contribution in [3.63, 3.8) is 0 Å². The van der Waals surface area contributed by atoms with Crippen LogP contribution in [0.25, 0.3) is 0 Å². The van der Waals surface area contributed by atoms with Crippen molar-refractivity contribution in [1.29, 1.82) is 0 Å². The summed E-state index contributed by atoms with van der Waals surface area (Å²) in [5.74, 6) is 1.48. The molecule has 1 heterocycles. The molecule has 2 aromatic rings. The highest BCUT2D eigenvalue weighted by Crippen LogP contribution is 2.34. The molecule has 0 amide bonds. The number of aliphatic carboxylic acids is 1. The van der Waals surface area contributed by atoms with Crippen LogP contribution in [0.1, 0.15) is 31.7 Å². The Morgan fingerprint density at radius 3 is 2.56 bits per heavy atom. The monoisotopic (exact) mass is 339 g/mol. The normalized spacial score (nSPS) is 19.8. The van der Waals surface area contributed by atoms with Crippen LogP contribution in [-0.2, 0) is 4.79 Å². The fourth-order valence-corrected chi connectivity index (χ4v) is 3.52. The van der Waals surface area contributed by atoms with Crippen LogP contribution in [0.5, 0.6) is 11.5 Å². The van der Waals surface area contributed by atoms with Crippen molar-refractivity contribution in [1.82, 2.24) is 0 Å². The van der Waals surface area contributed by atoms with Gasteiger partial charge in [-0.25, -0.2) is 0 Å². The van der Waals surface area contributed by atoms with E-state index in [-0.39, 0.29) is 12.5 Å². The molecular formula is C21H25NO3. The summed E-state index contributed by atoms with van der Waals surface area (Å²) in [6.45, 7) is 5.12. The smallest absolute Gasteiger partial charge is 0.305 e. The van der Waals surface area contributed by atoms with Gasteiger partial charge in [-0.15, -0.1) is 0 Å². The zero-order chi connectivity index (χ0) is 17.8. The summed E-state index contributed by atoms with van der Waals surface area (Å²) >= 11 is 0. The van der Waals surface area contributed by atoms with Crippen LogP contribution in [0.2, 0.25) is 0 Å². The first-order chi connectivity index (χ1) is 12.1. The maximum Gasteiger partial charge on any atom is 0.305 e. The van der Waals surface area contributed by atoms with Gasteiger partial charge in [-0.3, -0.25) is 4.79 Å². The molecule has 0 spiro atoms. The second kappa shape index (κ2) is 7.60. The molecule has 2 aromatic carbocycles. The zero-order valence-electron chi connectivity index (χ0n) is 14.8. The molecule has 4 nitrogen and oxygen atoms in total. The Balaban J connectivity index is 1.74. The lowest BCUT2D eigenvalue weighted by atomic mass is 10.0. The summed E-state index contributed by atoms with van der Waals surface area (Å²) in [6.07, 6.45) is 2.23. The lowest BCUT2D eigenvalue weighted by Crippen LogP contribution is -2.31. The van der Waals surface area contributed by atoms with Gasteiger partial charge in [-0.2, -0.15) is 0 Å². The average Bonchev–Trinajstić information content (AvgIpc) is 3.00. The lowest BCUT2D eigenvalue weighted by molar-refractivity contribution is -0.137. The van der Waals surface area contributed by atoms with E-state index in [1.807, 2.05) is 55.5 Å². The number of hydrogen-bond donors (Lipinski definition) is 1. The molecule has 4 heteroatoms. The third-order valence-corrected chi connectivity index (χ3v) is 4.98. The summed E-state index contributed by atoms with van der Waals surface area (Å²) in [5.41, 5.74) is 2.16. The van der Waals surface area contributed by atoms with Crippen molar-refractivity contribution < 1.29 is 14.6 Å². The number of hydrogen-bond acceptors (Lipinski definition) is 3. The molecule has 2 atom stereocenters. The second-order valence-corrected chi connectivity index (χ2v) is 6.78. The first-order valence-corrected chi connectivity index (χ1v) is 8.88. The van der Waals surface area contributed by atoms with E-state index in [0.717, 1.165) is 42.1 Å². The third kappa shape index (κ3) is 4.13. The van der Waals surface area contributed by atoms with Crippen molar-refractivity contribution in [2.24, 2.45) is 5.92 Å². The molecule has 1 fully saturated rings. The minimum Gasteiger partial charge on any atom is -0.481 e. The van der Waals surface area contributed by atoms with Gasteiger partial charge in [0, 0.05) is 18.3 Å². The van der Waals surface area contributed by atoms with Gasteiger partial charge in [-0.1, -0.05) is 31.5 Å². The van der Waals surface area contributed by atoms with Crippen LogP contribution in [-0.4, -0.2) is 23.7 Å². The lowest BCUT2D eigenvalue weighted by Gasteiger charge is -2.26. The van der Waals surface area contributed by atoms with Crippen molar-refractivity contribution in [3.05, 3.63) is 54.1 Å². The highest BCUT2D eigenvalue weighted by atomic mass is 16.5. The van der Waals surface area contributed by atoms with Crippen LogP contribution in [0.4, 0.5) is 5.69 Å². The standard InChI is InChI=1S/C21H25NO3/c1-3-16-12-18(13-21(23)24)22(14-16)17-8-10-19(11-9-17)25-20-7-5-4-6-15(20)2/h4-11,16,18H,3,12-14H2,1-2H3,(H,23,24)/t16-,18-/m0/s1. The number of nitrogens with zero attached hydrogens (tertiary/aromatic N) is 1. The van der Waals surface area contributed by atoms with Crippen molar-refractivity contribution in [3.8, 4) is 11.5 Å². The number of para-hydroxylation sites is 1. The van der Waals surface area contributed by atoms with Gasteiger partial charge in [0.2, 0.25) is 0 Å². The van der Waals surface area contributed by atoms with E-state index >= 15 is 0 Å². The zero-order valence-corrected chi connectivity index (χ0v) is 14.8. The van der Waals surface area contributed by atoms with E-state index in [2.05, 4.69) is 11.8 Å². The molecule has 0 aromatic heterocycles. The molecule has 0 bridgehead atoms. The molecule has 132 valence electrons. The molecule has 3 rings (SSSR count). The number of carbonyl (C=O) groups is 1. The Labute approximate surface area is 149 Å². The molecule has 0 saturated carbocycles. The van der Waals surface area contributed by atoms with E-state index in [9.17, 15) is 9.90 Å². The van der Waals surface area contributed by atoms with Crippen LogP contribution >= 0.6 is 0 Å². The molecule has 1 aliphatic rings. The number of anilines is 1. The molecular weight excluding hydrogens is 314 g/mol. The molecule has 0 aliphatic carbocycles. The Morgan fingerprint density at radius 1 is 1.20 bits per heavy atom. The van der Waals surface area contributed by atoms with Crippen LogP contribution in [0.3, 0.4) is 0 Å². The highest BCUT2D eigenvalue weighted by molar-refractivity contribution is 5.69. The number of carboxylic acids is 1. The fourth-order valence-electron chi connectivity index (χ4n) is 3.52. The first-order valence-electron chi connectivity index (χ1n) is 8.88. The van der Waals surface area contributed by atoms with E-state index < -0.39 is 5.97 Å². The Bertz CT molecular complexity index is 726. The molecule has 0 radical (unpaired) electrons. The van der Waals surface area contributed by atoms with Gasteiger partial charge in [0.15, 0.2) is 0 Å². The first kappa shape index (κ1) is 17.3. The Morgan fingerprint density at radius 2 is 1.92 bits per heavy atom. The quantitative estimate of drug-likeness (QED) is 0.816. The number of carboxylic acid groups (broad SMARTS) is 1. The second-order valence-electron chi connectivity index (χ2n) is 6.78. The van der Waals surface area contributed by atoms with Gasteiger partial charge in [-0.05, 0) is 55.2 Å². The maximum absolute atomic E-state index is 11.2.